The molecule has 1 aliphatic carbocycles. The molecule has 0 radical (unpaired) electrons. The van der Waals surface area contributed by atoms with Gasteiger partial charge in [0.15, 0.2) is 5.82 Å². The number of nitrogens with zero attached hydrogens (tertiary/aromatic N) is 2. The van der Waals surface area contributed by atoms with Crippen LogP contribution >= 0.6 is 0 Å². The lowest BCUT2D eigenvalue weighted by Crippen LogP contribution is -2.50. The van der Waals surface area contributed by atoms with Crippen LogP contribution in [0.4, 0.5) is 17.6 Å². The topological polar surface area (TPSA) is 130 Å². The normalized spacial score (nSPS) is 20.1. The van der Waals surface area contributed by atoms with Gasteiger partial charge in [0.2, 0.25) is 5.72 Å². The van der Waals surface area contributed by atoms with E-state index < -0.39 is 41.6 Å². The van der Waals surface area contributed by atoms with Gasteiger partial charge in [-0.1, -0.05) is 17.3 Å². The molecule has 6 rings (SSSR count). The van der Waals surface area contributed by atoms with Crippen molar-refractivity contribution < 1.29 is 36.4 Å². The van der Waals surface area contributed by atoms with Crippen LogP contribution in [-0.2, 0) is 15.1 Å². The number of rotatable bonds is 8. The average molecular weight is 625 g/mol. The van der Waals surface area contributed by atoms with Gasteiger partial charge in [0.05, 0.1) is 5.57 Å². The van der Waals surface area contributed by atoms with E-state index >= 15 is 0 Å². The first-order chi connectivity index (χ1) is 21.3. The minimum atomic E-state index is -4.56. The SMILES string of the molecule is CNC(=O)C1=C(c2ccc(F)cc2)OC2(C)NC(NCC(F)(F)F)=C(c3cccc(C(=O)NC4(c5nc(C)no5)CC4)c3)C=C12. The fourth-order valence-electron chi connectivity index (χ4n) is 5.33. The monoisotopic (exact) mass is 624 g/mol. The van der Waals surface area contributed by atoms with Crippen molar-refractivity contribution in [1.82, 2.24) is 31.4 Å². The highest BCUT2D eigenvalue weighted by molar-refractivity contribution is 6.07. The van der Waals surface area contributed by atoms with E-state index in [0.717, 1.165) is 0 Å². The van der Waals surface area contributed by atoms with Gasteiger partial charge >= 0.3 is 6.18 Å². The maximum Gasteiger partial charge on any atom is 0.405 e. The summed E-state index contributed by atoms with van der Waals surface area (Å²) in [5.74, 6) is -0.628. The number of carbonyl (C=O) groups is 2. The molecule has 234 valence electrons. The van der Waals surface area contributed by atoms with Crippen LogP contribution in [0.15, 0.2) is 76.1 Å². The first kappa shape index (κ1) is 29.9. The van der Waals surface area contributed by atoms with Gasteiger partial charge in [0.25, 0.3) is 17.7 Å². The third-order valence-corrected chi connectivity index (χ3v) is 7.74. The maximum atomic E-state index is 13.7. The molecule has 0 saturated heterocycles. The molecule has 2 amide bonds. The van der Waals surface area contributed by atoms with Crippen LogP contribution in [0.5, 0.6) is 0 Å². The van der Waals surface area contributed by atoms with E-state index in [1.54, 1.807) is 38.1 Å². The van der Waals surface area contributed by atoms with E-state index in [0.29, 0.717) is 41.3 Å². The van der Waals surface area contributed by atoms with Gasteiger partial charge in [-0.3, -0.25) is 9.59 Å². The zero-order valence-corrected chi connectivity index (χ0v) is 24.4. The molecule has 2 aromatic carbocycles. The second-order valence-electron chi connectivity index (χ2n) is 11.1. The Kier molecular flexibility index (Phi) is 7.17. The fourth-order valence-corrected chi connectivity index (χ4v) is 5.33. The maximum absolute atomic E-state index is 13.7. The summed E-state index contributed by atoms with van der Waals surface area (Å²) in [6.45, 7) is 1.88. The Morgan fingerprint density at radius 3 is 2.42 bits per heavy atom. The Morgan fingerprint density at radius 1 is 1.07 bits per heavy atom. The molecule has 2 aliphatic heterocycles. The number of likely N-dealkylation sites (N-methyl/N-ethyl adjacent to an activating group) is 1. The number of ether oxygens (including phenoxy) is 1. The number of hydrogen-bond donors (Lipinski definition) is 4. The quantitative estimate of drug-likeness (QED) is 0.275. The number of fused-ring (bicyclic) bond motifs is 1. The van der Waals surface area contributed by atoms with Crippen molar-refractivity contribution in [3.05, 3.63) is 106 Å². The predicted octanol–water partition coefficient (Wildman–Crippen LogP) is 4.19. The molecule has 4 N–H and O–H groups in total. The molecule has 1 fully saturated rings. The van der Waals surface area contributed by atoms with Crippen molar-refractivity contribution in [2.45, 2.75) is 44.1 Å². The molecule has 1 saturated carbocycles. The summed E-state index contributed by atoms with van der Waals surface area (Å²) in [7, 11) is 1.43. The number of aryl methyl sites for hydroxylation is 1. The van der Waals surface area contributed by atoms with Gasteiger partial charge in [-0.15, -0.1) is 0 Å². The molecule has 3 aromatic rings. The summed E-state index contributed by atoms with van der Waals surface area (Å²) in [5, 5.41) is 14.7. The third-order valence-electron chi connectivity index (χ3n) is 7.74. The lowest BCUT2D eigenvalue weighted by atomic mass is 9.88. The van der Waals surface area contributed by atoms with Crippen molar-refractivity contribution in [2.24, 2.45) is 0 Å². The minimum absolute atomic E-state index is 0.0345. The number of carbonyl (C=O) groups excluding carboxylic acids is 2. The Labute approximate surface area is 254 Å². The summed E-state index contributed by atoms with van der Waals surface area (Å²) in [4.78, 5) is 30.8. The highest BCUT2D eigenvalue weighted by atomic mass is 19.4. The number of dihydropyridines is 1. The Bertz CT molecular complexity index is 1790. The molecule has 3 aliphatic rings. The molecule has 1 unspecified atom stereocenters. The van der Waals surface area contributed by atoms with Gasteiger partial charge in [-0.2, -0.15) is 18.2 Å². The van der Waals surface area contributed by atoms with Crippen molar-refractivity contribution in [1.29, 1.82) is 0 Å². The van der Waals surface area contributed by atoms with Gasteiger partial charge in [0, 0.05) is 29.3 Å². The number of hydrogen-bond acceptors (Lipinski definition) is 8. The Morgan fingerprint density at radius 2 is 1.80 bits per heavy atom. The first-order valence-electron chi connectivity index (χ1n) is 14.0. The molecule has 0 bridgehead atoms. The van der Waals surface area contributed by atoms with Crippen LogP contribution in [0.3, 0.4) is 0 Å². The highest BCUT2D eigenvalue weighted by Gasteiger charge is 2.51. The molecule has 3 heterocycles. The van der Waals surface area contributed by atoms with E-state index in [-0.39, 0.29) is 28.3 Å². The molecule has 1 aromatic heterocycles. The molecular formula is C31H28F4N6O4. The predicted molar refractivity (Wildman–Crippen MR) is 153 cm³/mol. The summed E-state index contributed by atoms with van der Waals surface area (Å²) < 4.78 is 65.4. The molecular weight excluding hydrogens is 596 g/mol. The van der Waals surface area contributed by atoms with Crippen LogP contribution in [0.25, 0.3) is 11.3 Å². The van der Waals surface area contributed by atoms with Crippen LogP contribution in [-0.4, -0.2) is 47.4 Å². The van der Waals surface area contributed by atoms with E-state index in [9.17, 15) is 27.2 Å². The Balaban J connectivity index is 1.41. The van der Waals surface area contributed by atoms with Gasteiger partial charge in [0.1, 0.15) is 29.5 Å². The number of amides is 2. The molecule has 14 heteroatoms. The summed E-state index contributed by atoms with van der Waals surface area (Å²) >= 11 is 0. The number of allylic oxidation sites excluding steroid dienone is 2. The number of alkyl halides is 3. The van der Waals surface area contributed by atoms with E-state index in [1.165, 1.54) is 37.4 Å². The third kappa shape index (κ3) is 5.75. The van der Waals surface area contributed by atoms with Gasteiger partial charge < -0.3 is 30.5 Å². The fraction of sp³-hybridized carbons (Fsp3) is 0.290. The van der Waals surface area contributed by atoms with E-state index in [1.807, 2.05) is 0 Å². The van der Waals surface area contributed by atoms with Crippen molar-refractivity contribution >= 4 is 23.1 Å². The second-order valence-corrected chi connectivity index (χ2v) is 11.1. The second kappa shape index (κ2) is 10.8. The summed E-state index contributed by atoms with van der Waals surface area (Å²) in [6.07, 6.45) is -1.79. The van der Waals surface area contributed by atoms with Crippen LogP contribution in [0.1, 0.15) is 53.0 Å². The number of halogens is 4. The van der Waals surface area contributed by atoms with Crippen molar-refractivity contribution in [3.63, 3.8) is 0 Å². The van der Waals surface area contributed by atoms with Gasteiger partial charge in [-0.05, 0) is 74.7 Å². The molecule has 10 nitrogen and oxygen atoms in total. The highest BCUT2D eigenvalue weighted by Crippen LogP contribution is 2.47. The van der Waals surface area contributed by atoms with E-state index in [4.69, 9.17) is 9.26 Å². The lowest BCUT2D eigenvalue weighted by Gasteiger charge is -2.35. The largest absolute Gasteiger partial charge is 0.463 e. The van der Waals surface area contributed by atoms with Crippen LogP contribution < -0.4 is 21.3 Å². The molecule has 0 spiro atoms. The standard InChI is InChI=1S/C31H28F4N6O4/c1-16-38-28(45-41-16)30(11-12-30)40-26(42)19-6-4-5-18(13-19)21-14-22-23(27(43)36-3)24(17-7-9-20(32)10-8-17)44-29(22,2)39-25(21)37-15-31(33,34)35/h4-10,13-14,37,39H,11-12,15H2,1-3H3,(H,36,43)(H,40,42). The summed E-state index contributed by atoms with van der Waals surface area (Å²) in [6, 6.07) is 11.7. The first-order valence-corrected chi connectivity index (χ1v) is 14.0. The number of aromatic nitrogens is 2. The smallest absolute Gasteiger partial charge is 0.405 e. The van der Waals surface area contributed by atoms with Crippen molar-refractivity contribution in [3.8, 4) is 0 Å². The van der Waals surface area contributed by atoms with Crippen LogP contribution in [0, 0.1) is 12.7 Å². The van der Waals surface area contributed by atoms with Gasteiger partial charge in [-0.25, -0.2) is 4.39 Å². The Hall–Kier alpha value is -5.14. The van der Waals surface area contributed by atoms with E-state index in [2.05, 4.69) is 31.4 Å². The number of nitrogens with one attached hydrogen (secondary N) is 4. The molecule has 1 atom stereocenters. The zero-order valence-electron chi connectivity index (χ0n) is 24.4. The lowest BCUT2D eigenvalue weighted by molar-refractivity contribution is -0.123. The zero-order chi connectivity index (χ0) is 32.1. The van der Waals surface area contributed by atoms with Crippen molar-refractivity contribution in [2.75, 3.05) is 13.6 Å². The van der Waals surface area contributed by atoms with Crippen LogP contribution in [0.2, 0.25) is 0 Å². The average Bonchev–Trinajstić information content (AvgIpc) is 3.53. The minimum Gasteiger partial charge on any atom is -0.463 e. The summed E-state index contributed by atoms with van der Waals surface area (Å²) in [5.41, 5.74) is -0.546. The molecule has 45 heavy (non-hydrogen) atoms. The number of benzene rings is 2.